The lowest BCUT2D eigenvalue weighted by molar-refractivity contribution is -0.119. The third-order valence-corrected chi connectivity index (χ3v) is 5.83. The van der Waals surface area contributed by atoms with Gasteiger partial charge in [0.05, 0.1) is 17.9 Å². The Balaban J connectivity index is 1.36. The Hall–Kier alpha value is -2.47. The van der Waals surface area contributed by atoms with Crippen LogP contribution in [0, 0.1) is 5.92 Å². The molecule has 0 radical (unpaired) electrons. The zero-order valence-electron chi connectivity index (χ0n) is 15.3. The molecule has 0 unspecified atom stereocenters. The highest BCUT2D eigenvalue weighted by Gasteiger charge is 2.33. The van der Waals surface area contributed by atoms with Gasteiger partial charge in [-0.15, -0.1) is 0 Å². The second-order valence-electron chi connectivity index (χ2n) is 7.49. The van der Waals surface area contributed by atoms with Gasteiger partial charge in [0.1, 0.15) is 0 Å². The van der Waals surface area contributed by atoms with E-state index in [4.69, 9.17) is 4.74 Å². The van der Waals surface area contributed by atoms with Crippen molar-refractivity contribution in [3.63, 3.8) is 0 Å². The molecular weight excluding hydrogens is 344 g/mol. The average molecular weight is 368 g/mol. The number of amides is 2. The monoisotopic (exact) mass is 368 g/mol. The van der Waals surface area contributed by atoms with Gasteiger partial charge in [-0.05, 0) is 63.0 Å². The molecular formula is C21H24N2O4. The van der Waals surface area contributed by atoms with Crippen molar-refractivity contribution < 1.29 is 19.1 Å². The van der Waals surface area contributed by atoms with Crippen molar-refractivity contribution in [2.24, 2.45) is 5.92 Å². The number of ether oxygens (including phenoxy) is 1. The normalized spacial score (nSPS) is 25.6. The molecule has 2 atom stereocenters. The van der Waals surface area contributed by atoms with E-state index in [-0.39, 0.29) is 17.8 Å². The minimum atomic E-state index is -0.371. The van der Waals surface area contributed by atoms with Gasteiger partial charge in [0.2, 0.25) is 0 Å². The minimum absolute atomic E-state index is 0.355. The Labute approximate surface area is 158 Å². The van der Waals surface area contributed by atoms with E-state index in [2.05, 4.69) is 4.90 Å². The number of imide groups is 1. The standard InChI is InChI=1S/C21H24N2O4/c24-19-10-11-20(25)23(19)17-8-6-15(7-9-17)21(26)27-14-16-4-3-13-22-12-2-1-5-18(16)22/h6-11,16,18H,1-5,12-14H2/t16-,18-/m1/s1. The zero-order valence-corrected chi connectivity index (χ0v) is 15.3. The SMILES string of the molecule is O=C(OC[C@H]1CCCN2CCCC[C@H]12)c1ccc(N2C(=O)C=CC2=O)cc1. The van der Waals surface area contributed by atoms with Gasteiger partial charge in [0.15, 0.2) is 0 Å². The molecule has 27 heavy (non-hydrogen) atoms. The fraction of sp³-hybridized carbons (Fsp3) is 0.476. The summed E-state index contributed by atoms with van der Waals surface area (Å²) in [5, 5.41) is 0. The molecule has 6 heteroatoms. The summed E-state index contributed by atoms with van der Waals surface area (Å²) in [6, 6.07) is 6.95. The van der Waals surface area contributed by atoms with Gasteiger partial charge >= 0.3 is 5.97 Å². The second-order valence-corrected chi connectivity index (χ2v) is 7.49. The van der Waals surface area contributed by atoms with Gasteiger partial charge in [-0.25, -0.2) is 9.69 Å². The number of hydrogen-bond donors (Lipinski definition) is 0. The van der Waals surface area contributed by atoms with E-state index in [0.717, 1.165) is 11.3 Å². The highest BCUT2D eigenvalue weighted by Crippen LogP contribution is 2.31. The topological polar surface area (TPSA) is 66.9 Å². The van der Waals surface area contributed by atoms with Crippen molar-refractivity contribution in [2.45, 2.75) is 38.1 Å². The maximum atomic E-state index is 12.4. The van der Waals surface area contributed by atoms with E-state index in [9.17, 15) is 14.4 Å². The molecule has 0 bridgehead atoms. The van der Waals surface area contributed by atoms with E-state index in [1.54, 1.807) is 24.3 Å². The molecule has 2 amide bonds. The molecule has 0 saturated carbocycles. The van der Waals surface area contributed by atoms with Crippen molar-refractivity contribution in [1.82, 2.24) is 4.90 Å². The van der Waals surface area contributed by atoms with E-state index >= 15 is 0 Å². The molecule has 0 N–H and O–H groups in total. The summed E-state index contributed by atoms with van der Waals surface area (Å²) >= 11 is 0. The van der Waals surface area contributed by atoms with Crippen LogP contribution in [0.4, 0.5) is 5.69 Å². The number of fused-ring (bicyclic) bond motifs is 1. The Morgan fingerprint density at radius 3 is 2.41 bits per heavy atom. The maximum Gasteiger partial charge on any atom is 0.338 e. The number of rotatable bonds is 4. The Morgan fingerprint density at radius 1 is 0.963 bits per heavy atom. The van der Waals surface area contributed by atoms with Crippen molar-refractivity contribution in [3.05, 3.63) is 42.0 Å². The van der Waals surface area contributed by atoms with Gasteiger partial charge in [-0.1, -0.05) is 6.42 Å². The summed E-state index contributed by atoms with van der Waals surface area (Å²) in [5.74, 6) is -0.686. The first-order valence-corrected chi connectivity index (χ1v) is 9.71. The second kappa shape index (κ2) is 7.64. The Bertz CT molecular complexity index is 751. The maximum absolute atomic E-state index is 12.4. The number of anilines is 1. The number of piperidine rings is 2. The lowest BCUT2D eigenvalue weighted by atomic mass is 9.84. The van der Waals surface area contributed by atoms with Gasteiger partial charge < -0.3 is 4.74 Å². The molecule has 1 aromatic carbocycles. The minimum Gasteiger partial charge on any atom is -0.462 e. The predicted molar refractivity (Wildman–Crippen MR) is 100 cm³/mol. The summed E-state index contributed by atoms with van der Waals surface area (Å²) in [5.41, 5.74) is 0.888. The first-order valence-electron chi connectivity index (χ1n) is 9.71. The number of esters is 1. The predicted octanol–water partition coefficient (Wildman–Crippen LogP) is 2.54. The highest BCUT2D eigenvalue weighted by atomic mass is 16.5. The van der Waals surface area contributed by atoms with Crippen molar-refractivity contribution in [3.8, 4) is 0 Å². The van der Waals surface area contributed by atoms with E-state index in [0.29, 0.717) is 29.8 Å². The fourth-order valence-corrected chi connectivity index (χ4v) is 4.44. The third-order valence-electron chi connectivity index (χ3n) is 5.83. The summed E-state index contributed by atoms with van der Waals surface area (Å²) in [6.07, 6.45) is 8.48. The summed E-state index contributed by atoms with van der Waals surface area (Å²) in [7, 11) is 0. The summed E-state index contributed by atoms with van der Waals surface area (Å²) in [4.78, 5) is 39.5. The Morgan fingerprint density at radius 2 is 1.67 bits per heavy atom. The van der Waals surface area contributed by atoms with Crippen LogP contribution in [0.2, 0.25) is 0 Å². The van der Waals surface area contributed by atoms with Crippen molar-refractivity contribution >= 4 is 23.5 Å². The first kappa shape index (κ1) is 17.9. The lowest BCUT2D eigenvalue weighted by Gasteiger charge is -2.44. The quantitative estimate of drug-likeness (QED) is 0.604. The molecule has 3 heterocycles. The van der Waals surface area contributed by atoms with Gasteiger partial charge in [0, 0.05) is 24.1 Å². The lowest BCUT2D eigenvalue weighted by Crippen LogP contribution is -2.49. The molecule has 3 aliphatic heterocycles. The van der Waals surface area contributed by atoms with Crippen LogP contribution in [0.3, 0.4) is 0 Å². The van der Waals surface area contributed by atoms with Crippen molar-refractivity contribution in [2.75, 3.05) is 24.6 Å². The van der Waals surface area contributed by atoms with Gasteiger partial charge in [-0.2, -0.15) is 0 Å². The molecule has 0 spiro atoms. The van der Waals surface area contributed by atoms with Crippen LogP contribution in [0.5, 0.6) is 0 Å². The number of nitrogens with zero attached hydrogens (tertiary/aromatic N) is 2. The highest BCUT2D eigenvalue weighted by molar-refractivity contribution is 6.28. The Kier molecular flexibility index (Phi) is 5.07. The molecule has 6 nitrogen and oxygen atoms in total. The number of benzene rings is 1. The molecule has 3 aliphatic rings. The van der Waals surface area contributed by atoms with Crippen LogP contribution in [-0.4, -0.2) is 48.4 Å². The van der Waals surface area contributed by atoms with Crippen LogP contribution in [-0.2, 0) is 14.3 Å². The summed E-state index contributed by atoms with van der Waals surface area (Å²) < 4.78 is 5.60. The van der Waals surface area contributed by atoms with Crippen LogP contribution in [0.25, 0.3) is 0 Å². The van der Waals surface area contributed by atoms with Crippen LogP contribution in [0.15, 0.2) is 36.4 Å². The smallest absolute Gasteiger partial charge is 0.338 e. The molecule has 2 fully saturated rings. The van der Waals surface area contributed by atoms with E-state index in [1.807, 2.05) is 0 Å². The summed E-state index contributed by atoms with van der Waals surface area (Å²) in [6.45, 7) is 2.79. The van der Waals surface area contributed by atoms with Crippen LogP contribution >= 0.6 is 0 Å². The average Bonchev–Trinajstić information content (AvgIpc) is 3.04. The number of carbonyl (C=O) groups excluding carboxylic acids is 3. The fourth-order valence-electron chi connectivity index (χ4n) is 4.44. The van der Waals surface area contributed by atoms with Crippen molar-refractivity contribution in [1.29, 1.82) is 0 Å². The zero-order chi connectivity index (χ0) is 18.8. The van der Waals surface area contributed by atoms with Crippen LogP contribution in [0.1, 0.15) is 42.5 Å². The van der Waals surface area contributed by atoms with Gasteiger partial charge in [0.25, 0.3) is 11.8 Å². The molecule has 0 aliphatic carbocycles. The van der Waals surface area contributed by atoms with Gasteiger partial charge in [-0.3, -0.25) is 14.5 Å². The first-order chi connectivity index (χ1) is 13.1. The number of carbonyl (C=O) groups is 3. The van der Waals surface area contributed by atoms with Crippen LogP contribution < -0.4 is 4.90 Å². The number of hydrogen-bond acceptors (Lipinski definition) is 5. The molecule has 4 rings (SSSR count). The molecule has 2 saturated heterocycles. The largest absolute Gasteiger partial charge is 0.462 e. The third kappa shape index (κ3) is 3.67. The van der Waals surface area contributed by atoms with E-state index in [1.165, 1.54) is 50.9 Å². The molecule has 0 aromatic heterocycles. The van der Waals surface area contributed by atoms with E-state index < -0.39 is 0 Å². The molecule has 1 aromatic rings. The molecule has 142 valence electrons.